The van der Waals surface area contributed by atoms with Crippen molar-refractivity contribution in [1.29, 1.82) is 0 Å². The van der Waals surface area contributed by atoms with Crippen LogP contribution in [-0.4, -0.2) is 16.7 Å². The zero-order valence-electron chi connectivity index (χ0n) is 13.5. The molecule has 0 bridgehead atoms. The van der Waals surface area contributed by atoms with E-state index in [4.69, 9.17) is 16.3 Å². The summed E-state index contributed by atoms with van der Waals surface area (Å²) in [6.07, 6.45) is -0.526. The SMILES string of the molecule is CC(O)NC(Sc1ccc(Oc2ccc(Cl)cc2)cc1)C(C)C. The molecule has 2 atom stereocenters. The van der Waals surface area contributed by atoms with Crippen molar-refractivity contribution in [1.82, 2.24) is 5.32 Å². The topological polar surface area (TPSA) is 41.5 Å². The summed E-state index contributed by atoms with van der Waals surface area (Å²) in [7, 11) is 0. The van der Waals surface area contributed by atoms with Gasteiger partial charge in [-0.05, 0) is 61.4 Å². The fourth-order valence-electron chi connectivity index (χ4n) is 1.97. The van der Waals surface area contributed by atoms with E-state index in [2.05, 4.69) is 19.2 Å². The lowest BCUT2D eigenvalue weighted by molar-refractivity contribution is 0.146. The molecule has 124 valence electrons. The van der Waals surface area contributed by atoms with E-state index >= 15 is 0 Å². The molecule has 0 fully saturated rings. The van der Waals surface area contributed by atoms with E-state index in [0.29, 0.717) is 10.9 Å². The van der Waals surface area contributed by atoms with Crippen molar-refractivity contribution < 1.29 is 9.84 Å². The monoisotopic (exact) mass is 351 g/mol. The smallest absolute Gasteiger partial charge is 0.127 e. The summed E-state index contributed by atoms with van der Waals surface area (Å²) in [5.41, 5.74) is 0. The molecule has 2 aromatic carbocycles. The third-order valence-electron chi connectivity index (χ3n) is 3.15. The zero-order chi connectivity index (χ0) is 16.8. The maximum Gasteiger partial charge on any atom is 0.127 e. The molecule has 2 N–H and O–H groups in total. The molecule has 5 heteroatoms. The zero-order valence-corrected chi connectivity index (χ0v) is 15.1. The summed E-state index contributed by atoms with van der Waals surface area (Å²) in [4.78, 5) is 1.13. The Morgan fingerprint density at radius 3 is 1.96 bits per heavy atom. The molecule has 0 aliphatic rings. The molecular formula is C18H22ClNO2S. The first-order valence-corrected chi connectivity index (χ1v) is 8.84. The second-order valence-corrected chi connectivity index (χ2v) is 7.30. The van der Waals surface area contributed by atoms with Gasteiger partial charge in [-0.2, -0.15) is 0 Å². The van der Waals surface area contributed by atoms with E-state index in [0.717, 1.165) is 16.4 Å². The number of nitrogens with one attached hydrogen (secondary N) is 1. The van der Waals surface area contributed by atoms with Gasteiger partial charge in [-0.15, -0.1) is 11.8 Å². The number of aliphatic hydroxyl groups excluding tert-OH is 1. The molecule has 3 nitrogen and oxygen atoms in total. The fourth-order valence-corrected chi connectivity index (χ4v) is 3.22. The van der Waals surface area contributed by atoms with E-state index in [1.807, 2.05) is 36.4 Å². The van der Waals surface area contributed by atoms with E-state index in [9.17, 15) is 5.11 Å². The minimum Gasteiger partial charge on any atom is -0.457 e. The number of hydrogen-bond acceptors (Lipinski definition) is 4. The molecule has 2 unspecified atom stereocenters. The second-order valence-electron chi connectivity index (χ2n) is 5.65. The van der Waals surface area contributed by atoms with Gasteiger partial charge < -0.3 is 9.84 Å². The average Bonchev–Trinajstić information content (AvgIpc) is 2.50. The van der Waals surface area contributed by atoms with Gasteiger partial charge in [-0.25, -0.2) is 0 Å². The molecular weight excluding hydrogens is 330 g/mol. The van der Waals surface area contributed by atoms with Crippen molar-refractivity contribution in [2.24, 2.45) is 5.92 Å². The number of rotatable bonds is 7. The molecule has 0 aliphatic carbocycles. The summed E-state index contributed by atoms with van der Waals surface area (Å²) >= 11 is 7.56. The van der Waals surface area contributed by atoms with Crippen molar-refractivity contribution in [3.05, 3.63) is 53.6 Å². The van der Waals surface area contributed by atoms with Crippen molar-refractivity contribution in [3.8, 4) is 11.5 Å². The fraction of sp³-hybridized carbons (Fsp3) is 0.333. The molecule has 0 radical (unpaired) electrons. The predicted molar refractivity (Wildman–Crippen MR) is 97.3 cm³/mol. The summed E-state index contributed by atoms with van der Waals surface area (Å²) in [6.45, 7) is 6.00. The van der Waals surface area contributed by atoms with Crippen LogP contribution in [0.2, 0.25) is 5.02 Å². The largest absolute Gasteiger partial charge is 0.457 e. The summed E-state index contributed by atoms with van der Waals surface area (Å²) in [5.74, 6) is 1.94. The maximum absolute atomic E-state index is 9.52. The molecule has 0 spiro atoms. The summed E-state index contributed by atoms with van der Waals surface area (Å²) < 4.78 is 5.78. The van der Waals surface area contributed by atoms with Crippen LogP contribution in [0.15, 0.2) is 53.4 Å². The Balaban J connectivity index is 1.99. The van der Waals surface area contributed by atoms with Gasteiger partial charge in [0.25, 0.3) is 0 Å². The number of halogens is 1. The van der Waals surface area contributed by atoms with Crippen molar-refractivity contribution in [2.75, 3.05) is 0 Å². The van der Waals surface area contributed by atoms with E-state index < -0.39 is 6.23 Å². The molecule has 0 aliphatic heterocycles. The Kier molecular flexibility index (Phi) is 6.78. The summed E-state index contributed by atoms with van der Waals surface area (Å²) in [5, 5.41) is 13.5. The molecule has 0 heterocycles. The molecule has 0 aromatic heterocycles. The van der Waals surface area contributed by atoms with E-state index in [1.54, 1.807) is 30.8 Å². The lowest BCUT2D eigenvalue weighted by Crippen LogP contribution is -2.37. The number of thioether (sulfide) groups is 1. The van der Waals surface area contributed by atoms with Gasteiger partial charge in [0.05, 0.1) is 5.37 Å². The highest BCUT2D eigenvalue weighted by Gasteiger charge is 2.16. The summed E-state index contributed by atoms with van der Waals surface area (Å²) in [6, 6.07) is 15.2. The van der Waals surface area contributed by atoms with Crippen LogP contribution in [0.4, 0.5) is 0 Å². The number of ether oxygens (including phenoxy) is 1. The first-order chi connectivity index (χ1) is 10.9. The van der Waals surface area contributed by atoms with Crippen molar-refractivity contribution in [2.45, 2.75) is 37.3 Å². The molecule has 0 amide bonds. The van der Waals surface area contributed by atoms with Gasteiger partial charge >= 0.3 is 0 Å². The maximum atomic E-state index is 9.52. The Morgan fingerprint density at radius 2 is 1.48 bits per heavy atom. The van der Waals surface area contributed by atoms with Crippen LogP contribution in [0.3, 0.4) is 0 Å². The van der Waals surface area contributed by atoms with Gasteiger partial charge in [-0.1, -0.05) is 25.4 Å². The average molecular weight is 352 g/mol. The van der Waals surface area contributed by atoms with Gasteiger partial charge in [-0.3, -0.25) is 5.32 Å². The van der Waals surface area contributed by atoms with Crippen LogP contribution in [0.1, 0.15) is 20.8 Å². The third kappa shape index (κ3) is 6.07. The standard InChI is InChI=1S/C18H22ClNO2S/c1-12(2)18(20-13(3)21)23-17-10-8-16(9-11-17)22-15-6-4-14(19)5-7-15/h4-13,18,20-21H,1-3H3. The van der Waals surface area contributed by atoms with Crippen LogP contribution >= 0.6 is 23.4 Å². The first kappa shape index (κ1) is 18.1. The quantitative estimate of drug-likeness (QED) is 0.535. The predicted octanol–water partition coefficient (Wildman–Crippen LogP) is 5.13. The van der Waals surface area contributed by atoms with Gasteiger partial charge in [0.2, 0.25) is 0 Å². The van der Waals surface area contributed by atoms with Gasteiger partial charge in [0.1, 0.15) is 17.7 Å². The molecule has 0 saturated carbocycles. The second kappa shape index (κ2) is 8.60. The minimum atomic E-state index is -0.526. The van der Waals surface area contributed by atoms with Gasteiger partial charge in [0.15, 0.2) is 0 Å². The van der Waals surface area contributed by atoms with Crippen LogP contribution in [0.5, 0.6) is 11.5 Å². The van der Waals surface area contributed by atoms with Gasteiger partial charge in [0, 0.05) is 9.92 Å². The lowest BCUT2D eigenvalue weighted by atomic mass is 10.2. The van der Waals surface area contributed by atoms with Crippen LogP contribution < -0.4 is 10.1 Å². The normalized spacial score (nSPS) is 13.8. The number of aliphatic hydroxyl groups is 1. The Morgan fingerprint density at radius 1 is 0.957 bits per heavy atom. The Hall–Kier alpha value is -1.20. The number of benzene rings is 2. The first-order valence-electron chi connectivity index (χ1n) is 7.58. The highest BCUT2D eigenvalue weighted by molar-refractivity contribution is 7.99. The third-order valence-corrected chi connectivity index (χ3v) is 4.88. The lowest BCUT2D eigenvalue weighted by Gasteiger charge is -2.23. The van der Waals surface area contributed by atoms with E-state index in [-0.39, 0.29) is 5.37 Å². The van der Waals surface area contributed by atoms with Crippen LogP contribution in [0.25, 0.3) is 0 Å². The van der Waals surface area contributed by atoms with Crippen LogP contribution in [0, 0.1) is 5.92 Å². The van der Waals surface area contributed by atoms with Crippen molar-refractivity contribution >= 4 is 23.4 Å². The molecule has 2 rings (SSSR count). The number of hydrogen-bond donors (Lipinski definition) is 2. The van der Waals surface area contributed by atoms with Crippen LogP contribution in [-0.2, 0) is 0 Å². The Bertz CT molecular complexity index is 599. The Labute approximate surface area is 147 Å². The minimum absolute atomic E-state index is 0.151. The van der Waals surface area contributed by atoms with E-state index in [1.165, 1.54) is 0 Å². The van der Waals surface area contributed by atoms with Crippen molar-refractivity contribution in [3.63, 3.8) is 0 Å². The molecule has 2 aromatic rings. The highest BCUT2D eigenvalue weighted by atomic mass is 35.5. The highest BCUT2D eigenvalue weighted by Crippen LogP contribution is 2.30. The molecule has 0 saturated heterocycles. The molecule has 23 heavy (non-hydrogen) atoms.